The second-order valence-electron chi connectivity index (χ2n) is 7.77. The summed E-state index contributed by atoms with van der Waals surface area (Å²) in [5, 5.41) is 10.8. The van der Waals surface area contributed by atoms with Crippen molar-refractivity contribution in [3.8, 4) is 0 Å². The topological polar surface area (TPSA) is 89.9 Å². The molecule has 1 N–H and O–H groups in total. The number of aliphatic hydroxyl groups is 1. The van der Waals surface area contributed by atoms with Gasteiger partial charge in [0.2, 0.25) is 5.60 Å². The zero-order valence-corrected chi connectivity index (χ0v) is 15.2. The number of hydrogen-bond donors (Lipinski definition) is 1. The van der Waals surface area contributed by atoms with E-state index in [4.69, 9.17) is 9.47 Å². The minimum absolute atomic E-state index is 0.100. The van der Waals surface area contributed by atoms with Crippen LogP contribution in [0.3, 0.4) is 0 Å². The number of allylic oxidation sites excluding steroid dienone is 1. The van der Waals surface area contributed by atoms with Crippen LogP contribution < -0.4 is 0 Å². The highest BCUT2D eigenvalue weighted by atomic mass is 16.6. The highest BCUT2D eigenvalue weighted by Crippen LogP contribution is 2.50. The van der Waals surface area contributed by atoms with Crippen LogP contribution >= 0.6 is 0 Å². The molecule has 0 spiro atoms. The number of fused-ring (bicyclic) bond motifs is 3. The van der Waals surface area contributed by atoms with Gasteiger partial charge in [0.05, 0.1) is 17.9 Å². The summed E-state index contributed by atoms with van der Waals surface area (Å²) < 4.78 is 11.1. The van der Waals surface area contributed by atoms with Crippen LogP contribution in [-0.4, -0.2) is 40.6 Å². The Morgan fingerprint density at radius 3 is 2.60 bits per heavy atom. The fraction of sp³-hybridized carbons (Fsp3) is 0.632. The molecule has 5 atom stereocenters. The maximum Gasteiger partial charge on any atom is 0.351 e. The Labute approximate surface area is 146 Å². The first-order valence-electron chi connectivity index (χ1n) is 8.62. The molecule has 0 unspecified atom stereocenters. The summed E-state index contributed by atoms with van der Waals surface area (Å²) in [5.74, 6) is -2.81. The molecule has 136 valence electrons. The number of esters is 2. The van der Waals surface area contributed by atoms with Gasteiger partial charge in [-0.05, 0) is 33.3 Å². The Kier molecular flexibility index (Phi) is 4.14. The third kappa shape index (κ3) is 2.54. The number of hydrogen-bond acceptors (Lipinski definition) is 6. The lowest BCUT2D eigenvalue weighted by atomic mass is 9.77. The van der Waals surface area contributed by atoms with E-state index in [9.17, 15) is 19.5 Å². The first-order chi connectivity index (χ1) is 11.6. The zero-order chi connectivity index (χ0) is 18.7. The molecule has 3 aliphatic rings. The van der Waals surface area contributed by atoms with E-state index in [0.29, 0.717) is 5.57 Å². The van der Waals surface area contributed by atoms with Gasteiger partial charge in [-0.25, -0.2) is 4.79 Å². The molecule has 3 rings (SSSR count). The van der Waals surface area contributed by atoms with E-state index in [1.165, 1.54) is 6.92 Å². The van der Waals surface area contributed by atoms with Gasteiger partial charge in [0, 0.05) is 11.5 Å². The van der Waals surface area contributed by atoms with Gasteiger partial charge in [-0.1, -0.05) is 25.0 Å². The molecule has 6 heteroatoms. The van der Waals surface area contributed by atoms with Gasteiger partial charge >= 0.3 is 11.9 Å². The lowest BCUT2D eigenvalue weighted by Gasteiger charge is -2.33. The van der Waals surface area contributed by atoms with E-state index in [2.05, 4.69) is 0 Å². The summed E-state index contributed by atoms with van der Waals surface area (Å²) in [5.41, 5.74) is 0.623. The van der Waals surface area contributed by atoms with E-state index in [1.54, 1.807) is 19.9 Å². The lowest BCUT2D eigenvalue weighted by molar-refractivity contribution is -0.178. The SMILES string of the molecule is CC1=CC(=O)C2=C(C)C[C@H](O)[C@@H]3[C@@H](OC(=O)[C@@]3(C)OC(=O)C(C)C)[C@H]12. The van der Waals surface area contributed by atoms with Crippen molar-refractivity contribution in [3.63, 3.8) is 0 Å². The second-order valence-corrected chi connectivity index (χ2v) is 7.77. The van der Waals surface area contributed by atoms with Gasteiger partial charge in [0.15, 0.2) is 5.78 Å². The maximum absolute atomic E-state index is 12.6. The van der Waals surface area contributed by atoms with Crippen LogP contribution in [0.4, 0.5) is 0 Å². The molecule has 2 aliphatic carbocycles. The molecular weight excluding hydrogens is 324 g/mol. The lowest BCUT2D eigenvalue weighted by Crippen LogP contribution is -2.50. The van der Waals surface area contributed by atoms with Crippen LogP contribution in [-0.2, 0) is 23.9 Å². The Balaban J connectivity index is 2.05. The largest absolute Gasteiger partial charge is 0.458 e. The number of ketones is 1. The Morgan fingerprint density at radius 2 is 2.00 bits per heavy atom. The van der Waals surface area contributed by atoms with Gasteiger partial charge in [0.1, 0.15) is 6.10 Å². The molecule has 0 aromatic carbocycles. The molecule has 1 aliphatic heterocycles. The minimum Gasteiger partial charge on any atom is -0.458 e. The minimum atomic E-state index is -1.56. The third-order valence-corrected chi connectivity index (χ3v) is 5.57. The quantitative estimate of drug-likeness (QED) is 0.764. The van der Waals surface area contributed by atoms with Crippen LogP contribution in [0.2, 0.25) is 0 Å². The normalized spacial score (nSPS) is 37.5. The molecule has 0 aromatic heterocycles. The van der Waals surface area contributed by atoms with Crippen molar-refractivity contribution in [2.24, 2.45) is 17.8 Å². The maximum atomic E-state index is 12.6. The average molecular weight is 348 g/mol. The predicted octanol–water partition coefficient (Wildman–Crippen LogP) is 1.71. The number of aliphatic hydroxyl groups excluding tert-OH is 1. The van der Waals surface area contributed by atoms with Crippen molar-refractivity contribution < 1.29 is 29.0 Å². The van der Waals surface area contributed by atoms with Gasteiger partial charge in [-0.15, -0.1) is 0 Å². The number of carbonyl (C=O) groups excluding carboxylic acids is 3. The van der Waals surface area contributed by atoms with Crippen molar-refractivity contribution in [2.75, 3.05) is 0 Å². The van der Waals surface area contributed by atoms with Crippen LogP contribution in [0, 0.1) is 17.8 Å². The fourth-order valence-electron chi connectivity index (χ4n) is 4.27. The smallest absolute Gasteiger partial charge is 0.351 e. The second kappa shape index (κ2) is 5.80. The Bertz CT molecular complexity index is 715. The molecule has 25 heavy (non-hydrogen) atoms. The number of rotatable bonds is 2. The van der Waals surface area contributed by atoms with E-state index in [1.807, 2.05) is 13.8 Å². The summed E-state index contributed by atoms with van der Waals surface area (Å²) in [6, 6.07) is 0. The molecule has 0 bridgehead atoms. The molecule has 6 nitrogen and oxygen atoms in total. The standard InChI is InChI=1S/C19H24O6/c1-8(2)17(22)25-19(5)15-12(21)7-9(3)13-11(20)6-10(4)14(13)16(15)24-18(19)23/h6,8,12,14-16,21H,7H2,1-5H3/t12-,14+,15+,16-,19-/m0/s1. The Morgan fingerprint density at radius 1 is 1.36 bits per heavy atom. The van der Waals surface area contributed by atoms with Crippen LogP contribution in [0.25, 0.3) is 0 Å². The van der Waals surface area contributed by atoms with E-state index in [-0.39, 0.29) is 12.2 Å². The number of carbonyl (C=O) groups is 3. The van der Waals surface area contributed by atoms with Crippen molar-refractivity contribution in [2.45, 2.75) is 58.8 Å². The van der Waals surface area contributed by atoms with Gasteiger partial charge in [-0.2, -0.15) is 0 Å². The predicted molar refractivity (Wildman–Crippen MR) is 88.3 cm³/mol. The summed E-state index contributed by atoms with van der Waals surface area (Å²) in [7, 11) is 0. The average Bonchev–Trinajstić information content (AvgIpc) is 2.87. The first-order valence-corrected chi connectivity index (χ1v) is 8.62. The molecule has 1 saturated heterocycles. The number of ether oxygens (including phenoxy) is 2. The third-order valence-electron chi connectivity index (χ3n) is 5.57. The van der Waals surface area contributed by atoms with Gasteiger partial charge in [-0.3, -0.25) is 9.59 Å². The van der Waals surface area contributed by atoms with Crippen LogP contribution in [0.1, 0.15) is 41.0 Å². The van der Waals surface area contributed by atoms with E-state index in [0.717, 1.165) is 11.1 Å². The fourth-order valence-corrected chi connectivity index (χ4v) is 4.27. The molecular formula is C19H24O6. The summed E-state index contributed by atoms with van der Waals surface area (Å²) >= 11 is 0. The summed E-state index contributed by atoms with van der Waals surface area (Å²) in [4.78, 5) is 37.1. The molecule has 1 heterocycles. The summed E-state index contributed by atoms with van der Waals surface area (Å²) in [6.45, 7) is 8.50. The van der Waals surface area contributed by atoms with Crippen LogP contribution in [0.5, 0.6) is 0 Å². The van der Waals surface area contributed by atoms with Gasteiger partial charge in [0.25, 0.3) is 0 Å². The molecule has 0 saturated carbocycles. The van der Waals surface area contributed by atoms with Crippen molar-refractivity contribution in [1.82, 2.24) is 0 Å². The highest BCUT2D eigenvalue weighted by molar-refractivity contribution is 6.09. The van der Waals surface area contributed by atoms with E-state index < -0.39 is 47.5 Å². The van der Waals surface area contributed by atoms with Crippen molar-refractivity contribution >= 4 is 17.7 Å². The first kappa shape index (κ1) is 17.9. The summed E-state index contributed by atoms with van der Waals surface area (Å²) in [6.07, 6.45) is 0.135. The Hall–Kier alpha value is -1.95. The molecule has 0 amide bonds. The van der Waals surface area contributed by atoms with Crippen LogP contribution in [0.15, 0.2) is 22.8 Å². The monoisotopic (exact) mass is 348 g/mol. The van der Waals surface area contributed by atoms with Gasteiger partial charge < -0.3 is 14.6 Å². The molecule has 0 aromatic rings. The zero-order valence-electron chi connectivity index (χ0n) is 15.2. The van der Waals surface area contributed by atoms with E-state index >= 15 is 0 Å². The molecule has 0 radical (unpaired) electrons. The molecule has 1 fully saturated rings. The van der Waals surface area contributed by atoms with Crippen molar-refractivity contribution in [1.29, 1.82) is 0 Å². The van der Waals surface area contributed by atoms with Crippen molar-refractivity contribution in [3.05, 3.63) is 22.8 Å². The highest BCUT2D eigenvalue weighted by Gasteiger charge is 2.64.